The lowest BCUT2D eigenvalue weighted by molar-refractivity contribution is 0.489. The molecule has 3 heteroatoms. The normalized spacial score (nSPS) is 16.8. The summed E-state index contributed by atoms with van der Waals surface area (Å²) in [4.78, 5) is 7.00. The van der Waals surface area contributed by atoms with E-state index in [0.717, 1.165) is 11.5 Å². The van der Waals surface area contributed by atoms with E-state index in [0.29, 0.717) is 0 Å². The van der Waals surface area contributed by atoms with Crippen LogP contribution in [0.5, 0.6) is 0 Å². The fourth-order valence-corrected chi connectivity index (χ4v) is 5.67. The molecule has 0 saturated carbocycles. The number of pyridine rings is 1. The van der Waals surface area contributed by atoms with E-state index in [-0.39, 0.29) is 11.5 Å². The van der Waals surface area contributed by atoms with Crippen LogP contribution in [0.3, 0.4) is 0 Å². The lowest BCUT2D eigenvalue weighted by Gasteiger charge is -2.29. The van der Waals surface area contributed by atoms with Crippen molar-refractivity contribution in [3.63, 3.8) is 0 Å². The number of fused-ring (bicyclic) bond motifs is 2. The molecule has 1 aliphatic heterocycles. The molecule has 6 rings (SSSR count). The van der Waals surface area contributed by atoms with Crippen molar-refractivity contribution in [3.8, 4) is 16.9 Å². The Morgan fingerprint density at radius 3 is 2.23 bits per heavy atom. The van der Waals surface area contributed by atoms with Crippen LogP contribution < -0.4 is 4.90 Å². The van der Waals surface area contributed by atoms with Gasteiger partial charge in [0.2, 0.25) is 0 Å². The molecule has 2 aromatic heterocycles. The number of nitrogens with zero attached hydrogens (tertiary/aromatic N) is 3. The average Bonchev–Trinajstić information content (AvgIpc) is 3.33. The monoisotopic (exact) mass is 455 g/mol. The van der Waals surface area contributed by atoms with Crippen LogP contribution in [-0.2, 0) is 5.41 Å². The van der Waals surface area contributed by atoms with Gasteiger partial charge in [0.1, 0.15) is 5.82 Å². The van der Waals surface area contributed by atoms with Gasteiger partial charge in [-0.2, -0.15) is 0 Å². The van der Waals surface area contributed by atoms with Crippen LogP contribution in [0.1, 0.15) is 25.0 Å². The summed E-state index contributed by atoms with van der Waals surface area (Å²) in [6.45, 7) is 4.63. The summed E-state index contributed by atoms with van der Waals surface area (Å²) in [6.07, 6.45) is 6.59. The van der Waals surface area contributed by atoms with Crippen LogP contribution in [0.2, 0.25) is 0 Å². The summed E-state index contributed by atoms with van der Waals surface area (Å²) in [5.74, 6) is 1.07. The second-order valence-corrected chi connectivity index (χ2v) is 9.83. The summed E-state index contributed by atoms with van der Waals surface area (Å²) in [7, 11) is 2.15. The largest absolute Gasteiger partial charge is 0.352 e. The fraction of sp³-hybridized carbons (Fsp3) is 0.156. The zero-order valence-corrected chi connectivity index (χ0v) is 20.4. The van der Waals surface area contributed by atoms with Crippen LogP contribution in [-0.4, -0.2) is 22.6 Å². The molecular formula is C32H29N3. The van der Waals surface area contributed by atoms with Crippen molar-refractivity contribution < 1.29 is 0 Å². The second kappa shape index (κ2) is 8.28. The van der Waals surface area contributed by atoms with Crippen molar-refractivity contribution in [3.05, 3.63) is 120 Å². The van der Waals surface area contributed by atoms with E-state index in [1.54, 1.807) is 0 Å². The molecule has 0 amide bonds. The van der Waals surface area contributed by atoms with Crippen LogP contribution in [0.15, 0.2) is 109 Å². The quantitative estimate of drug-likeness (QED) is 0.280. The molecular weight excluding hydrogens is 426 g/mol. The van der Waals surface area contributed by atoms with Crippen molar-refractivity contribution in [2.45, 2.75) is 25.3 Å². The first-order valence-electron chi connectivity index (χ1n) is 12.2. The summed E-state index contributed by atoms with van der Waals surface area (Å²) in [5, 5.41) is 1.25. The number of rotatable bonds is 4. The third-order valence-corrected chi connectivity index (χ3v) is 7.39. The van der Waals surface area contributed by atoms with Crippen LogP contribution in [0.4, 0.5) is 5.82 Å². The van der Waals surface area contributed by atoms with Gasteiger partial charge in [0.25, 0.3) is 0 Å². The molecule has 0 aliphatic carbocycles. The summed E-state index contributed by atoms with van der Waals surface area (Å²) in [5.41, 5.74) is 7.29. The number of anilines is 1. The van der Waals surface area contributed by atoms with Crippen molar-refractivity contribution in [1.82, 2.24) is 9.55 Å². The third kappa shape index (κ3) is 3.38. The topological polar surface area (TPSA) is 21.1 Å². The Morgan fingerprint density at radius 2 is 1.49 bits per heavy atom. The smallest absolute Gasteiger partial charge is 0.132 e. The van der Waals surface area contributed by atoms with Crippen LogP contribution in [0, 0.1) is 0 Å². The van der Waals surface area contributed by atoms with Gasteiger partial charge in [-0.25, -0.2) is 4.98 Å². The molecule has 1 unspecified atom stereocenters. The van der Waals surface area contributed by atoms with E-state index in [1.807, 2.05) is 12.3 Å². The molecule has 1 aliphatic rings. The van der Waals surface area contributed by atoms with Gasteiger partial charge in [-0.05, 0) is 29.8 Å². The number of hydrogen-bond acceptors (Lipinski definition) is 2. The predicted molar refractivity (Wildman–Crippen MR) is 147 cm³/mol. The summed E-state index contributed by atoms with van der Waals surface area (Å²) >= 11 is 0. The first-order chi connectivity index (χ1) is 17.1. The molecule has 172 valence electrons. The lowest BCUT2D eigenvalue weighted by Crippen LogP contribution is -2.37. The second-order valence-electron chi connectivity index (χ2n) is 9.83. The highest BCUT2D eigenvalue weighted by molar-refractivity contribution is 5.99. The average molecular weight is 456 g/mol. The van der Waals surface area contributed by atoms with Gasteiger partial charge in [-0.15, -0.1) is 0 Å². The Bertz CT molecular complexity index is 1530. The first-order valence-corrected chi connectivity index (χ1v) is 12.2. The van der Waals surface area contributed by atoms with Crippen molar-refractivity contribution >= 4 is 22.8 Å². The third-order valence-electron chi connectivity index (χ3n) is 7.39. The summed E-state index contributed by atoms with van der Waals surface area (Å²) < 4.78 is 2.39. The zero-order chi connectivity index (χ0) is 24.0. The summed E-state index contributed by atoms with van der Waals surface area (Å²) in [6, 6.07) is 34.5. The molecule has 35 heavy (non-hydrogen) atoms. The molecule has 0 bridgehead atoms. The Kier molecular flexibility index (Phi) is 5.07. The molecule has 0 radical (unpaired) electrons. The van der Waals surface area contributed by atoms with Crippen molar-refractivity contribution in [1.29, 1.82) is 0 Å². The van der Waals surface area contributed by atoms with Gasteiger partial charge in [0, 0.05) is 40.9 Å². The highest BCUT2D eigenvalue weighted by atomic mass is 15.2. The van der Waals surface area contributed by atoms with E-state index in [1.165, 1.54) is 33.3 Å². The maximum absolute atomic E-state index is 4.69. The van der Waals surface area contributed by atoms with Gasteiger partial charge in [-0.1, -0.05) is 98.8 Å². The molecule has 0 N–H and O–H groups in total. The van der Waals surface area contributed by atoms with Crippen LogP contribution in [0.25, 0.3) is 33.9 Å². The number of aromatic nitrogens is 2. The number of benzene rings is 3. The van der Waals surface area contributed by atoms with Gasteiger partial charge in [-0.3, -0.25) is 0 Å². The van der Waals surface area contributed by atoms with Gasteiger partial charge < -0.3 is 9.47 Å². The van der Waals surface area contributed by atoms with Crippen molar-refractivity contribution in [2.24, 2.45) is 0 Å². The molecule has 0 spiro atoms. The molecule has 3 aromatic carbocycles. The number of hydrogen-bond donors (Lipinski definition) is 0. The minimum absolute atomic E-state index is 0.0421. The van der Waals surface area contributed by atoms with E-state index in [2.05, 4.69) is 138 Å². The maximum atomic E-state index is 4.69. The van der Waals surface area contributed by atoms with Gasteiger partial charge in [0.15, 0.2) is 0 Å². The number of para-hydroxylation sites is 2. The van der Waals surface area contributed by atoms with Crippen molar-refractivity contribution in [2.75, 3.05) is 11.9 Å². The minimum Gasteiger partial charge on any atom is -0.352 e. The van der Waals surface area contributed by atoms with Crippen LogP contribution >= 0.6 is 0 Å². The minimum atomic E-state index is -0.0421. The zero-order valence-electron chi connectivity index (χ0n) is 20.4. The standard InChI is InChI=1S/C32H29N3/c1-32(2)27-18-12-22-33-31(27)34(3)29(32)21-20-26-25-17-10-11-19-28(25)35(24-15-8-5-9-16-24)30(26)23-13-6-4-7-14-23/h4-22,29H,1-3H3. The van der Waals surface area contributed by atoms with Gasteiger partial charge in [0.05, 0.1) is 17.3 Å². The Hall–Kier alpha value is -4.11. The Morgan fingerprint density at radius 1 is 0.800 bits per heavy atom. The first kappa shape index (κ1) is 21.4. The van der Waals surface area contributed by atoms with Gasteiger partial charge >= 0.3 is 0 Å². The molecule has 5 aromatic rings. The van der Waals surface area contributed by atoms with E-state index < -0.39 is 0 Å². The van der Waals surface area contributed by atoms with E-state index in [9.17, 15) is 0 Å². The van der Waals surface area contributed by atoms with E-state index >= 15 is 0 Å². The molecule has 1 atom stereocenters. The molecule has 0 saturated heterocycles. The maximum Gasteiger partial charge on any atom is 0.132 e. The highest BCUT2D eigenvalue weighted by Crippen LogP contribution is 2.44. The Balaban J connectivity index is 1.58. The van der Waals surface area contributed by atoms with E-state index in [4.69, 9.17) is 0 Å². The number of likely N-dealkylation sites (N-methyl/N-ethyl adjacent to an activating group) is 1. The highest BCUT2D eigenvalue weighted by Gasteiger charge is 2.42. The molecule has 3 nitrogen and oxygen atoms in total. The SMILES string of the molecule is CN1c2ncccc2C(C)(C)C1C=Cc1c(-c2ccccc2)n(-c2ccccc2)c2ccccc12. The lowest BCUT2D eigenvalue weighted by atomic mass is 9.80. The predicted octanol–water partition coefficient (Wildman–Crippen LogP) is 7.50. The molecule has 3 heterocycles. The molecule has 0 fully saturated rings. The fourth-order valence-electron chi connectivity index (χ4n) is 5.67. The Labute approximate surface area is 207 Å².